The normalized spacial score (nSPS) is 12.1. The Labute approximate surface area is 129 Å². The number of benzene rings is 1. The van der Waals surface area contributed by atoms with Gasteiger partial charge < -0.3 is 5.11 Å². The molecule has 1 aromatic carbocycles. The van der Waals surface area contributed by atoms with Crippen molar-refractivity contribution >= 4 is 25.4 Å². The molecule has 0 unspecified atom stereocenters. The summed E-state index contributed by atoms with van der Waals surface area (Å²) in [5.74, 6) is -0.237. The van der Waals surface area contributed by atoms with Crippen LogP contribution in [0.1, 0.15) is 0 Å². The van der Waals surface area contributed by atoms with Crippen LogP contribution in [0.4, 0.5) is 5.69 Å². The number of aromatic nitrogens is 1. The maximum atomic E-state index is 11.7. The first-order chi connectivity index (χ1) is 10.0. The molecule has 0 saturated heterocycles. The Morgan fingerprint density at radius 3 is 2.32 bits per heavy atom. The standard InChI is InChI=1S/C13H15N3O4S2/c1-21(2,18)16-11-3-10(7-15-8-11)9-4-12(17)6-13(5-9)22(14,19)20/h3-8,17H,1-2H3,(H2,14,19,20). The summed E-state index contributed by atoms with van der Waals surface area (Å²) < 4.78 is 38.6. The third kappa shape index (κ3) is 4.26. The second-order valence-electron chi connectivity index (χ2n) is 4.96. The van der Waals surface area contributed by atoms with E-state index in [1.807, 2.05) is 0 Å². The fraction of sp³-hybridized carbons (Fsp3) is 0.154. The number of aromatic hydroxyl groups is 1. The molecule has 22 heavy (non-hydrogen) atoms. The summed E-state index contributed by atoms with van der Waals surface area (Å²) in [5.41, 5.74) is 1.32. The molecule has 0 amide bonds. The molecule has 0 saturated carbocycles. The van der Waals surface area contributed by atoms with Crippen molar-refractivity contribution in [2.45, 2.75) is 4.90 Å². The average molecular weight is 341 g/mol. The van der Waals surface area contributed by atoms with Crippen LogP contribution in [-0.2, 0) is 19.8 Å². The third-order valence-electron chi connectivity index (χ3n) is 2.60. The summed E-state index contributed by atoms with van der Waals surface area (Å²) in [6.07, 6.45) is 5.91. The van der Waals surface area contributed by atoms with Gasteiger partial charge >= 0.3 is 0 Å². The van der Waals surface area contributed by atoms with E-state index in [2.05, 4.69) is 9.35 Å². The lowest BCUT2D eigenvalue weighted by Gasteiger charge is -2.06. The highest BCUT2D eigenvalue weighted by atomic mass is 32.2. The van der Waals surface area contributed by atoms with Gasteiger partial charge in [0, 0.05) is 34.0 Å². The van der Waals surface area contributed by atoms with Crippen molar-refractivity contribution in [3.8, 4) is 16.9 Å². The molecule has 0 spiro atoms. The van der Waals surface area contributed by atoms with Crippen LogP contribution >= 0.6 is 0 Å². The van der Waals surface area contributed by atoms with Gasteiger partial charge in [-0.05, 0) is 29.8 Å². The highest BCUT2D eigenvalue weighted by Gasteiger charge is 2.12. The third-order valence-corrected chi connectivity index (χ3v) is 4.15. The smallest absolute Gasteiger partial charge is 0.238 e. The Morgan fingerprint density at radius 2 is 1.73 bits per heavy atom. The molecule has 2 aromatic rings. The number of rotatable bonds is 3. The molecule has 0 bridgehead atoms. The zero-order chi connectivity index (χ0) is 16.5. The SMILES string of the molecule is CS(C)(=O)=Nc1cncc(-c2cc(O)cc(S(N)(=O)=O)c2)c1. The van der Waals surface area contributed by atoms with Crippen LogP contribution in [0.15, 0.2) is 45.9 Å². The summed E-state index contributed by atoms with van der Waals surface area (Å²) >= 11 is 0. The summed E-state index contributed by atoms with van der Waals surface area (Å²) in [6, 6.07) is 5.36. The lowest BCUT2D eigenvalue weighted by atomic mass is 10.1. The molecule has 1 aromatic heterocycles. The van der Waals surface area contributed by atoms with Crippen molar-refractivity contribution < 1.29 is 17.7 Å². The Morgan fingerprint density at radius 1 is 1.05 bits per heavy atom. The maximum Gasteiger partial charge on any atom is 0.238 e. The molecule has 0 aliphatic heterocycles. The van der Waals surface area contributed by atoms with Gasteiger partial charge in [0.25, 0.3) is 0 Å². The Hall–Kier alpha value is -1.97. The van der Waals surface area contributed by atoms with E-state index in [0.29, 0.717) is 16.8 Å². The number of hydrogen-bond donors (Lipinski definition) is 2. The Balaban J connectivity index is 2.61. The van der Waals surface area contributed by atoms with Crippen LogP contribution in [-0.4, -0.2) is 35.2 Å². The van der Waals surface area contributed by atoms with E-state index in [9.17, 15) is 17.7 Å². The van der Waals surface area contributed by atoms with Crippen LogP contribution in [0.3, 0.4) is 0 Å². The molecule has 118 valence electrons. The van der Waals surface area contributed by atoms with Gasteiger partial charge in [-0.25, -0.2) is 17.8 Å². The Bertz CT molecular complexity index is 938. The number of pyridine rings is 1. The summed E-state index contributed by atoms with van der Waals surface area (Å²) in [6.45, 7) is 0. The van der Waals surface area contributed by atoms with Crippen molar-refractivity contribution in [3.63, 3.8) is 0 Å². The van der Waals surface area contributed by atoms with Gasteiger partial charge in [-0.2, -0.15) is 4.36 Å². The van der Waals surface area contributed by atoms with Crippen LogP contribution < -0.4 is 5.14 Å². The molecular weight excluding hydrogens is 326 g/mol. The highest BCUT2D eigenvalue weighted by Crippen LogP contribution is 2.29. The van der Waals surface area contributed by atoms with Gasteiger partial charge in [-0.1, -0.05) is 0 Å². The minimum Gasteiger partial charge on any atom is -0.508 e. The van der Waals surface area contributed by atoms with Crippen LogP contribution in [0, 0.1) is 0 Å². The summed E-state index contributed by atoms with van der Waals surface area (Å²) in [5, 5.41) is 14.7. The van der Waals surface area contributed by atoms with E-state index in [1.54, 1.807) is 6.07 Å². The van der Waals surface area contributed by atoms with Gasteiger partial charge in [-0.15, -0.1) is 0 Å². The molecule has 2 rings (SSSR count). The second kappa shape index (κ2) is 5.67. The van der Waals surface area contributed by atoms with Crippen molar-refractivity contribution in [2.24, 2.45) is 9.50 Å². The predicted molar refractivity (Wildman–Crippen MR) is 84.8 cm³/mol. The molecule has 0 aliphatic rings. The Kier molecular flexibility index (Phi) is 4.23. The van der Waals surface area contributed by atoms with Crippen molar-refractivity contribution in [3.05, 3.63) is 36.7 Å². The van der Waals surface area contributed by atoms with E-state index in [1.165, 1.54) is 37.0 Å². The molecule has 9 heteroatoms. The van der Waals surface area contributed by atoms with Crippen LogP contribution in [0.25, 0.3) is 11.1 Å². The first-order valence-corrected chi connectivity index (χ1v) is 9.92. The molecule has 0 atom stereocenters. The zero-order valence-electron chi connectivity index (χ0n) is 11.9. The summed E-state index contributed by atoms with van der Waals surface area (Å²) in [7, 11) is -6.29. The molecule has 0 radical (unpaired) electrons. The topological polar surface area (TPSA) is 123 Å². The first kappa shape index (κ1) is 16.4. The largest absolute Gasteiger partial charge is 0.508 e. The minimum absolute atomic E-state index is 0.209. The van der Waals surface area contributed by atoms with Crippen molar-refractivity contribution in [1.82, 2.24) is 4.98 Å². The number of hydrogen-bond acceptors (Lipinski definition) is 6. The van der Waals surface area contributed by atoms with Crippen LogP contribution in [0.2, 0.25) is 0 Å². The maximum absolute atomic E-state index is 11.7. The monoisotopic (exact) mass is 341 g/mol. The lowest BCUT2D eigenvalue weighted by Crippen LogP contribution is -2.12. The molecule has 0 aliphatic carbocycles. The number of phenols is 1. The van der Waals surface area contributed by atoms with E-state index >= 15 is 0 Å². The number of sulfonamides is 1. The van der Waals surface area contributed by atoms with Crippen LogP contribution in [0.5, 0.6) is 5.75 Å². The van der Waals surface area contributed by atoms with Gasteiger partial charge in [0.05, 0.1) is 16.8 Å². The quantitative estimate of drug-likeness (QED) is 0.875. The summed E-state index contributed by atoms with van der Waals surface area (Å²) in [4.78, 5) is 3.78. The number of nitrogens with zero attached hydrogens (tertiary/aromatic N) is 2. The number of primary sulfonamides is 1. The molecule has 0 fully saturated rings. The fourth-order valence-corrected chi connectivity index (χ4v) is 2.99. The van der Waals surface area contributed by atoms with E-state index in [-0.39, 0.29) is 10.6 Å². The average Bonchev–Trinajstić information content (AvgIpc) is 2.35. The number of nitrogens with two attached hydrogens (primary N) is 1. The van der Waals surface area contributed by atoms with Gasteiger partial charge in [0.15, 0.2) is 0 Å². The van der Waals surface area contributed by atoms with E-state index < -0.39 is 19.8 Å². The van der Waals surface area contributed by atoms with E-state index in [4.69, 9.17) is 5.14 Å². The molecular formula is C13H15N3O4S2. The first-order valence-electron chi connectivity index (χ1n) is 6.04. The van der Waals surface area contributed by atoms with Gasteiger partial charge in [0.2, 0.25) is 10.0 Å². The highest BCUT2D eigenvalue weighted by molar-refractivity contribution is 7.92. The van der Waals surface area contributed by atoms with Crippen molar-refractivity contribution in [1.29, 1.82) is 0 Å². The zero-order valence-corrected chi connectivity index (χ0v) is 13.6. The molecule has 7 nitrogen and oxygen atoms in total. The van der Waals surface area contributed by atoms with E-state index in [0.717, 1.165) is 6.07 Å². The second-order valence-corrected chi connectivity index (χ2v) is 9.07. The number of phenolic OH excluding ortho intramolecular Hbond substituents is 1. The minimum atomic E-state index is -3.94. The predicted octanol–water partition coefficient (Wildman–Crippen LogP) is 1.46. The lowest BCUT2D eigenvalue weighted by molar-refractivity contribution is 0.473. The van der Waals surface area contributed by atoms with Crippen molar-refractivity contribution in [2.75, 3.05) is 12.5 Å². The fourth-order valence-electron chi connectivity index (χ4n) is 1.80. The molecule has 1 heterocycles. The van der Waals surface area contributed by atoms with Gasteiger partial charge in [-0.3, -0.25) is 4.98 Å². The van der Waals surface area contributed by atoms with Gasteiger partial charge in [0.1, 0.15) is 5.75 Å². The molecule has 3 N–H and O–H groups in total.